The molecule has 2 aliphatic carbocycles. The Balaban J connectivity index is 1.52. The molecule has 29 heavy (non-hydrogen) atoms. The highest BCUT2D eigenvalue weighted by Crippen LogP contribution is 2.35. The van der Waals surface area contributed by atoms with E-state index in [1.165, 1.54) is 19.3 Å². The lowest BCUT2D eigenvalue weighted by molar-refractivity contribution is -0.121. The summed E-state index contributed by atoms with van der Waals surface area (Å²) in [5.74, 6) is 0.313. The molecule has 4 heteroatoms. The Hall–Kier alpha value is -2.75. The van der Waals surface area contributed by atoms with Crippen molar-refractivity contribution in [3.63, 3.8) is 0 Å². The third-order valence-electron chi connectivity index (χ3n) is 6.39. The van der Waals surface area contributed by atoms with Gasteiger partial charge in [0.2, 0.25) is 5.91 Å². The molecule has 0 heterocycles. The van der Waals surface area contributed by atoms with Gasteiger partial charge in [0.1, 0.15) is 0 Å². The Morgan fingerprint density at radius 3 is 2.24 bits per heavy atom. The van der Waals surface area contributed by atoms with E-state index in [4.69, 9.17) is 0 Å². The number of benzene rings is 2. The van der Waals surface area contributed by atoms with Crippen molar-refractivity contribution in [2.24, 2.45) is 11.8 Å². The first-order chi connectivity index (χ1) is 14.1. The molecule has 2 aromatic carbocycles. The second-order valence-electron chi connectivity index (χ2n) is 8.28. The number of nitrogens with one attached hydrogen (secondary N) is 1. The van der Waals surface area contributed by atoms with Crippen LogP contribution in [0.25, 0.3) is 0 Å². The Morgan fingerprint density at radius 1 is 0.897 bits per heavy atom. The van der Waals surface area contributed by atoms with Crippen LogP contribution in [0.15, 0.2) is 42.5 Å². The number of carbonyl (C=O) groups is 3. The van der Waals surface area contributed by atoms with E-state index in [2.05, 4.69) is 12.2 Å². The molecule has 0 radical (unpaired) electrons. The van der Waals surface area contributed by atoms with Crippen LogP contribution in [0.4, 0.5) is 5.69 Å². The molecule has 0 aliphatic heterocycles. The van der Waals surface area contributed by atoms with Crippen molar-refractivity contribution in [2.45, 2.75) is 51.9 Å². The summed E-state index contributed by atoms with van der Waals surface area (Å²) in [6.45, 7) is 2.21. The first-order valence-corrected chi connectivity index (χ1v) is 10.7. The molecule has 0 aromatic heterocycles. The van der Waals surface area contributed by atoms with Gasteiger partial charge in [-0.15, -0.1) is 0 Å². The quantitative estimate of drug-likeness (QED) is 0.636. The number of unbranched alkanes of at least 4 members (excludes halogenated alkanes) is 1. The molecule has 4 rings (SSSR count). The van der Waals surface area contributed by atoms with E-state index in [0.29, 0.717) is 27.9 Å². The van der Waals surface area contributed by atoms with Gasteiger partial charge in [0.05, 0.1) is 11.3 Å². The lowest BCUT2D eigenvalue weighted by atomic mass is 9.79. The van der Waals surface area contributed by atoms with Crippen LogP contribution in [0.3, 0.4) is 0 Å². The summed E-state index contributed by atoms with van der Waals surface area (Å²) in [5, 5.41) is 2.97. The van der Waals surface area contributed by atoms with Crippen molar-refractivity contribution >= 4 is 23.2 Å². The zero-order valence-electron chi connectivity index (χ0n) is 16.9. The number of hydrogen-bond acceptors (Lipinski definition) is 3. The average molecular weight is 389 g/mol. The maximum absolute atomic E-state index is 13.1. The van der Waals surface area contributed by atoms with Crippen molar-refractivity contribution in [2.75, 3.05) is 5.32 Å². The molecule has 0 saturated heterocycles. The summed E-state index contributed by atoms with van der Waals surface area (Å²) < 4.78 is 0. The minimum absolute atomic E-state index is 0.0228. The summed E-state index contributed by atoms with van der Waals surface area (Å²) in [7, 11) is 0. The molecule has 0 spiro atoms. The van der Waals surface area contributed by atoms with Gasteiger partial charge < -0.3 is 5.32 Å². The molecule has 1 fully saturated rings. The molecule has 2 aliphatic rings. The summed E-state index contributed by atoms with van der Waals surface area (Å²) in [4.78, 5) is 38.8. The number of ketones is 2. The van der Waals surface area contributed by atoms with Gasteiger partial charge >= 0.3 is 0 Å². The van der Waals surface area contributed by atoms with Crippen LogP contribution in [0.2, 0.25) is 0 Å². The Kier molecular flexibility index (Phi) is 5.61. The molecule has 4 nitrogen and oxygen atoms in total. The SMILES string of the molecule is CCCCC1CCC(C(=O)Nc2cccc3c2C(=O)c2ccccc2C3=O)CC1. The molecule has 1 amide bonds. The van der Waals surface area contributed by atoms with Crippen molar-refractivity contribution in [1.82, 2.24) is 0 Å². The van der Waals surface area contributed by atoms with Gasteiger partial charge in [-0.05, 0) is 37.7 Å². The van der Waals surface area contributed by atoms with Crippen molar-refractivity contribution < 1.29 is 14.4 Å². The Morgan fingerprint density at radius 2 is 1.55 bits per heavy atom. The molecule has 0 bridgehead atoms. The van der Waals surface area contributed by atoms with E-state index >= 15 is 0 Å². The summed E-state index contributed by atoms with van der Waals surface area (Å²) in [6.07, 6.45) is 7.71. The lowest BCUT2D eigenvalue weighted by Gasteiger charge is -2.28. The van der Waals surface area contributed by atoms with Crippen LogP contribution in [0, 0.1) is 11.8 Å². The fraction of sp³-hybridized carbons (Fsp3) is 0.400. The monoisotopic (exact) mass is 389 g/mol. The topological polar surface area (TPSA) is 63.2 Å². The highest BCUT2D eigenvalue weighted by molar-refractivity contribution is 6.30. The van der Waals surface area contributed by atoms with Gasteiger partial charge in [-0.25, -0.2) is 0 Å². The second-order valence-corrected chi connectivity index (χ2v) is 8.28. The minimum atomic E-state index is -0.200. The fourth-order valence-electron chi connectivity index (χ4n) is 4.69. The van der Waals surface area contributed by atoms with E-state index in [1.54, 1.807) is 42.5 Å². The number of carbonyl (C=O) groups excluding carboxylic acids is 3. The van der Waals surface area contributed by atoms with E-state index in [9.17, 15) is 14.4 Å². The van der Waals surface area contributed by atoms with E-state index in [0.717, 1.165) is 31.6 Å². The molecule has 1 N–H and O–H groups in total. The van der Waals surface area contributed by atoms with Gasteiger partial charge in [0.15, 0.2) is 11.6 Å². The summed E-state index contributed by atoms with van der Waals surface area (Å²) in [5.41, 5.74) is 1.98. The summed E-state index contributed by atoms with van der Waals surface area (Å²) >= 11 is 0. The normalized spacial score (nSPS) is 20.7. The van der Waals surface area contributed by atoms with Crippen molar-refractivity contribution in [3.8, 4) is 0 Å². The number of hydrogen-bond donors (Lipinski definition) is 1. The zero-order valence-corrected chi connectivity index (χ0v) is 16.9. The molecule has 0 unspecified atom stereocenters. The van der Waals surface area contributed by atoms with Crippen LogP contribution < -0.4 is 5.32 Å². The fourth-order valence-corrected chi connectivity index (χ4v) is 4.69. The smallest absolute Gasteiger partial charge is 0.227 e. The highest BCUT2D eigenvalue weighted by Gasteiger charge is 2.33. The average Bonchev–Trinajstić information content (AvgIpc) is 2.76. The van der Waals surface area contributed by atoms with E-state index in [-0.39, 0.29) is 23.4 Å². The standard InChI is InChI=1S/C25H27NO3/c1-2-3-7-16-12-14-17(15-13-16)25(29)26-21-11-6-10-20-22(21)24(28)19-9-5-4-8-18(19)23(20)27/h4-6,8-11,16-17H,2-3,7,12-15H2,1H3,(H,26,29). The molecule has 0 atom stereocenters. The molecule has 1 saturated carbocycles. The van der Waals surface area contributed by atoms with Gasteiger partial charge in [0.25, 0.3) is 0 Å². The predicted molar refractivity (Wildman–Crippen MR) is 113 cm³/mol. The number of anilines is 1. The first kappa shape index (κ1) is 19.6. The number of fused-ring (bicyclic) bond motifs is 2. The summed E-state index contributed by atoms with van der Waals surface area (Å²) in [6, 6.07) is 12.0. The van der Waals surface area contributed by atoms with Gasteiger partial charge in [-0.2, -0.15) is 0 Å². The van der Waals surface area contributed by atoms with Crippen LogP contribution in [-0.4, -0.2) is 17.5 Å². The third-order valence-corrected chi connectivity index (χ3v) is 6.39. The van der Waals surface area contributed by atoms with E-state index < -0.39 is 0 Å². The molecule has 150 valence electrons. The lowest BCUT2D eigenvalue weighted by Crippen LogP contribution is -2.29. The second kappa shape index (κ2) is 8.32. The Bertz CT molecular complexity index is 954. The maximum atomic E-state index is 13.1. The number of amides is 1. The van der Waals surface area contributed by atoms with Crippen molar-refractivity contribution in [3.05, 3.63) is 64.7 Å². The Labute approximate surface area is 171 Å². The highest BCUT2D eigenvalue weighted by atomic mass is 16.2. The first-order valence-electron chi connectivity index (χ1n) is 10.7. The largest absolute Gasteiger partial charge is 0.325 e. The maximum Gasteiger partial charge on any atom is 0.227 e. The van der Waals surface area contributed by atoms with Crippen molar-refractivity contribution in [1.29, 1.82) is 0 Å². The van der Waals surface area contributed by atoms with Crippen LogP contribution in [0.5, 0.6) is 0 Å². The molecular weight excluding hydrogens is 362 g/mol. The van der Waals surface area contributed by atoms with E-state index in [1.807, 2.05) is 0 Å². The number of rotatable bonds is 5. The van der Waals surface area contributed by atoms with Crippen LogP contribution >= 0.6 is 0 Å². The third kappa shape index (κ3) is 3.76. The molecular formula is C25H27NO3. The molecule has 2 aromatic rings. The predicted octanol–water partition coefficient (Wildman–Crippen LogP) is 5.40. The minimum Gasteiger partial charge on any atom is -0.325 e. The van der Waals surface area contributed by atoms with Gasteiger partial charge in [0, 0.05) is 22.6 Å². The van der Waals surface area contributed by atoms with Crippen LogP contribution in [-0.2, 0) is 4.79 Å². The van der Waals surface area contributed by atoms with Gasteiger partial charge in [-0.1, -0.05) is 62.6 Å². The van der Waals surface area contributed by atoms with Crippen LogP contribution in [0.1, 0.15) is 83.7 Å². The zero-order chi connectivity index (χ0) is 20.4. The van der Waals surface area contributed by atoms with Gasteiger partial charge in [-0.3, -0.25) is 14.4 Å².